The van der Waals surface area contributed by atoms with Crippen LogP contribution in [0.25, 0.3) is 5.52 Å². The molecule has 1 N–H and O–H groups in total. The smallest absolute Gasteiger partial charge is 0.276 e. The first-order valence-electron chi connectivity index (χ1n) is 6.49. The fourth-order valence-electron chi connectivity index (χ4n) is 2.17. The zero-order valence-corrected chi connectivity index (χ0v) is 11.2. The third-order valence-corrected chi connectivity index (χ3v) is 3.13. The highest BCUT2D eigenvalue weighted by Gasteiger charge is 2.04. The molecule has 5 nitrogen and oxygen atoms in total. The van der Waals surface area contributed by atoms with Crippen LogP contribution in [0.5, 0.6) is 0 Å². The second-order valence-corrected chi connectivity index (χ2v) is 4.55. The number of hydrogen-bond acceptors (Lipinski definition) is 3. The fraction of sp³-hybridized carbons (Fsp3) is 0.125. The minimum absolute atomic E-state index is 0.0816. The molecule has 0 amide bonds. The van der Waals surface area contributed by atoms with Gasteiger partial charge in [0.15, 0.2) is 0 Å². The van der Waals surface area contributed by atoms with Crippen molar-refractivity contribution in [2.24, 2.45) is 0 Å². The summed E-state index contributed by atoms with van der Waals surface area (Å²) in [4.78, 5) is 12.3. The third-order valence-electron chi connectivity index (χ3n) is 3.13. The van der Waals surface area contributed by atoms with Crippen molar-refractivity contribution in [1.29, 1.82) is 0 Å². The Labute approximate surface area is 121 Å². The van der Waals surface area contributed by atoms with Gasteiger partial charge in [-0.2, -0.15) is 5.10 Å². The van der Waals surface area contributed by atoms with Crippen molar-refractivity contribution in [3.8, 4) is 11.8 Å². The van der Waals surface area contributed by atoms with Crippen LogP contribution in [-0.2, 0) is 6.54 Å². The van der Waals surface area contributed by atoms with Crippen molar-refractivity contribution in [2.75, 3.05) is 6.61 Å². The van der Waals surface area contributed by atoms with Crippen molar-refractivity contribution >= 4 is 5.52 Å². The highest BCUT2D eigenvalue weighted by Crippen LogP contribution is 2.06. The summed E-state index contributed by atoms with van der Waals surface area (Å²) >= 11 is 0. The molecule has 0 aliphatic heterocycles. The molecule has 2 heterocycles. The van der Waals surface area contributed by atoms with Crippen LogP contribution in [0.15, 0.2) is 53.7 Å². The molecule has 0 fully saturated rings. The Hall–Kier alpha value is -2.84. The van der Waals surface area contributed by atoms with E-state index < -0.39 is 0 Å². The molecule has 1 aromatic carbocycles. The molecule has 0 atom stereocenters. The molecule has 3 aromatic rings. The Morgan fingerprint density at radius 3 is 3.00 bits per heavy atom. The lowest BCUT2D eigenvalue weighted by atomic mass is 10.1. The Kier molecular flexibility index (Phi) is 3.54. The van der Waals surface area contributed by atoms with E-state index in [0.717, 1.165) is 11.1 Å². The molecular formula is C16H13N3O2. The molecule has 0 bridgehead atoms. The molecule has 0 radical (unpaired) electrons. The zero-order chi connectivity index (χ0) is 14.7. The van der Waals surface area contributed by atoms with E-state index in [2.05, 4.69) is 16.9 Å². The van der Waals surface area contributed by atoms with Crippen LogP contribution in [0.2, 0.25) is 0 Å². The van der Waals surface area contributed by atoms with Gasteiger partial charge in [0.1, 0.15) is 12.1 Å². The molecular weight excluding hydrogens is 266 g/mol. The number of benzene rings is 1. The van der Waals surface area contributed by atoms with Gasteiger partial charge in [0.2, 0.25) is 0 Å². The first-order valence-corrected chi connectivity index (χ1v) is 6.49. The summed E-state index contributed by atoms with van der Waals surface area (Å²) in [5.41, 5.74) is 2.27. The highest BCUT2D eigenvalue weighted by atomic mass is 16.2. The van der Waals surface area contributed by atoms with Crippen LogP contribution in [-0.4, -0.2) is 25.9 Å². The third kappa shape index (κ3) is 2.71. The molecule has 0 aliphatic rings. The van der Waals surface area contributed by atoms with Crippen LogP contribution < -0.4 is 5.56 Å². The first-order chi connectivity index (χ1) is 10.3. The summed E-state index contributed by atoms with van der Waals surface area (Å²) in [6.07, 6.45) is 5.08. The predicted octanol–water partition coefficient (Wildman–Crippen LogP) is 0.888. The normalized spacial score (nSPS) is 10.3. The Bertz CT molecular complexity index is 897. The van der Waals surface area contributed by atoms with E-state index in [1.54, 1.807) is 33.7 Å². The van der Waals surface area contributed by atoms with Crippen LogP contribution in [0.3, 0.4) is 0 Å². The molecule has 2 aromatic heterocycles. The van der Waals surface area contributed by atoms with Crippen LogP contribution >= 0.6 is 0 Å². The van der Waals surface area contributed by atoms with E-state index in [4.69, 9.17) is 5.11 Å². The Morgan fingerprint density at radius 2 is 2.14 bits per heavy atom. The maximum Gasteiger partial charge on any atom is 0.276 e. The van der Waals surface area contributed by atoms with Gasteiger partial charge in [0.05, 0.1) is 12.7 Å². The zero-order valence-electron chi connectivity index (χ0n) is 11.2. The van der Waals surface area contributed by atoms with Gasteiger partial charge in [-0.3, -0.25) is 4.79 Å². The molecule has 3 rings (SSSR count). The number of aliphatic hydroxyl groups is 1. The molecule has 0 saturated carbocycles. The highest BCUT2D eigenvalue weighted by molar-refractivity contribution is 5.43. The summed E-state index contributed by atoms with van der Waals surface area (Å²) in [5, 5.41) is 12.8. The second-order valence-electron chi connectivity index (χ2n) is 4.55. The maximum atomic E-state index is 12.3. The molecule has 0 unspecified atom stereocenters. The SMILES string of the molecule is O=c1c2ccnn2ccn1Cc1cccc(C#CCO)c1. The van der Waals surface area contributed by atoms with E-state index in [1.165, 1.54) is 0 Å². The number of fused-ring (bicyclic) bond motifs is 1. The van der Waals surface area contributed by atoms with Crippen molar-refractivity contribution in [2.45, 2.75) is 6.54 Å². The van der Waals surface area contributed by atoms with Gasteiger partial charge in [0.25, 0.3) is 5.56 Å². The summed E-state index contributed by atoms with van der Waals surface area (Å²) in [6, 6.07) is 9.31. The van der Waals surface area contributed by atoms with Gasteiger partial charge in [-0.05, 0) is 23.8 Å². The summed E-state index contributed by atoms with van der Waals surface area (Å²) < 4.78 is 3.19. The second kappa shape index (κ2) is 5.65. The van der Waals surface area contributed by atoms with Crippen molar-refractivity contribution in [3.63, 3.8) is 0 Å². The first kappa shape index (κ1) is 13.2. The molecule has 5 heteroatoms. The summed E-state index contributed by atoms with van der Waals surface area (Å²) in [5.74, 6) is 5.47. The van der Waals surface area contributed by atoms with Gasteiger partial charge < -0.3 is 9.67 Å². The largest absolute Gasteiger partial charge is 0.384 e. The lowest BCUT2D eigenvalue weighted by Gasteiger charge is -2.06. The standard InChI is InChI=1S/C16H13N3O2/c20-10-2-5-13-3-1-4-14(11-13)12-18-8-9-19-15(16(18)21)6-7-17-19/h1,3-4,6-9,11,20H,10,12H2. The van der Waals surface area contributed by atoms with Crippen molar-refractivity contribution in [1.82, 2.24) is 14.2 Å². The monoisotopic (exact) mass is 279 g/mol. The average Bonchev–Trinajstić information content (AvgIpc) is 2.98. The van der Waals surface area contributed by atoms with E-state index in [-0.39, 0.29) is 12.2 Å². The fourth-order valence-corrected chi connectivity index (χ4v) is 2.17. The van der Waals surface area contributed by atoms with Crippen molar-refractivity contribution in [3.05, 3.63) is 70.4 Å². The summed E-state index contributed by atoms with van der Waals surface area (Å²) in [7, 11) is 0. The van der Waals surface area contributed by atoms with E-state index >= 15 is 0 Å². The predicted molar refractivity (Wildman–Crippen MR) is 79.0 cm³/mol. The molecule has 0 saturated heterocycles. The van der Waals surface area contributed by atoms with Gasteiger partial charge in [-0.15, -0.1) is 0 Å². The molecule has 21 heavy (non-hydrogen) atoms. The van der Waals surface area contributed by atoms with E-state index in [9.17, 15) is 4.79 Å². The maximum absolute atomic E-state index is 12.3. The number of rotatable bonds is 2. The number of hydrogen-bond donors (Lipinski definition) is 1. The van der Waals surface area contributed by atoms with E-state index in [0.29, 0.717) is 12.1 Å². The number of aromatic nitrogens is 3. The lowest BCUT2D eigenvalue weighted by Crippen LogP contribution is -2.21. The van der Waals surface area contributed by atoms with E-state index in [1.807, 2.05) is 24.3 Å². The minimum atomic E-state index is -0.165. The molecule has 0 spiro atoms. The van der Waals surface area contributed by atoms with Gasteiger partial charge >= 0.3 is 0 Å². The van der Waals surface area contributed by atoms with Gasteiger partial charge in [-0.1, -0.05) is 24.0 Å². The number of aliphatic hydroxyl groups excluding tert-OH is 1. The minimum Gasteiger partial charge on any atom is -0.384 e. The lowest BCUT2D eigenvalue weighted by molar-refractivity contribution is 0.350. The Balaban J connectivity index is 1.95. The van der Waals surface area contributed by atoms with Gasteiger partial charge in [0, 0.05) is 18.0 Å². The molecule has 0 aliphatic carbocycles. The average molecular weight is 279 g/mol. The Morgan fingerprint density at radius 1 is 1.24 bits per heavy atom. The van der Waals surface area contributed by atoms with Crippen LogP contribution in [0.4, 0.5) is 0 Å². The van der Waals surface area contributed by atoms with Crippen molar-refractivity contribution < 1.29 is 5.11 Å². The topological polar surface area (TPSA) is 59.5 Å². The summed E-state index contributed by atoms with van der Waals surface area (Å²) in [6.45, 7) is 0.302. The molecule has 104 valence electrons. The van der Waals surface area contributed by atoms with Crippen LogP contribution in [0.1, 0.15) is 11.1 Å². The van der Waals surface area contributed by atoms with Crippen LogP contribution in [0, 0.1) is 11.8 Å². The van der Waals surface area contributed by atoms with Gasteiger partial charge in [-0.25, -0.2) is 4.52 Å². The quantitative estimate of drug-likeness (QED) is 0.709. The number of nitrogens with zero attached hydrogens (tertiary/aromatic N) is 3.